The van der Waals surface area contributed by atoms with Crippen LogP contribution < -0.4 is 5.32 Å². The number of fused-ring (bicyclic) bond motifs is 1. The summed E-state index contributed by atoms with van der Waals surface area (Å²) >= 11 is 0. The monoisotopic (exact) mass is 377 g/mol. The van der Waals surface area contributed by atoms with E-state index < -0.39 is 17.9 Å². The fourth-order valence-corrected chi connectivity index (χ4v) is 4.07. The number of carboxylic acids is 1. The highest BCUT2D eigenvalue weighted by atomic mass is 16.4. The largest absolute Gasteiger partial charge is 0.481 e. The van der Waals surface area contributed by atoms with Crippen molar-refractivity contribution in [2.45, 2.75) is 25.3 Å². The van der Waals surface area contributed by atoms with E-state index in [4.69, 9.17) is 4.98 Å². The molecule has 1 aliphatic rings. The summed E-state index contributed by atoms with van der Waals surface area (Å²) in [5.74, 6) is -0.868. The van der Waals surface area contributed by atoms with Crippen LogP contribution in [-0.2, 0) is 16.6 Å². The predicted octanol–water partition coefficient (Wildman–Crippen LogP) is 3.28. The number of para-hydroxylation sites is 2. The van der Waals surface area contributed by atoms with E-state index in [1.807, 2.05) is 66.2 Å². The molecule has 1 saturated carbocycles. The quantitative estimate of drug-likeness (QED) is 0.715. The number of hydrogen-bond donors (Lipinski definition) is 2. The lowest BCUT2D eigenvalue weighted by molar-refractivity contribution is -0.141. The van der Waals surface area contributed by atoms with Crippen molar-refractivity contribution in [1.82, 2.24) is 14.9 Å². The van der Waals surface area contributed by atoms with Gasteiger partial charge in [-0.1, -0.05) is 42.5 Å². The first kappa shape index (κ1) is 18.2. The molecular weight excluding hydrogens is 354 g/mol. The minimum absolute atomic E-state index is 0.107. The summed E-state index contributed by atoms with van der Waals surface area (Å²) in [6.07, 6.45) is 1.55. The predicted molar refractivity (Wildman–Crippen MR) is 106 cm³/mol. The SMILES string of the molecule is Cn1c(C(NC(=O)[C@@H]2CC[C@H](C(=O)O)C2)c2ccccc2)nc2ccccc21. The Labute approximate surface area is 163 Å². The van der Waals surface area contributed by atoms with E-state index in [9.17, 15) is 14.7 Å². The molecule has 2 aromatic carbocycles. The maximum absolute atomic E-state index is 13.0. The summed E-state index contributed by atoms with van der Waals surface area (Å²) < 4.78 is 2.00. The summed E-state index contributed by atoms with van der Waals surface area (Å²) in [6.45, 7) is 0. The van der Waals surface area contributed by atoms with E-state index in [0.717, 1.165) is 22.4 Å². The number of amides is 1. The van der Waals surface area contributed by atoms with Gasteiger partial charge in [-0.05, 0) is 37.0 Å². The number of nitrogens with zero attached hydrogens (tertiary/aromatic N) is 2. The van der Waals surface area contributed by atoms with Crippen molar-refractivity contribution in [2.75, 3.05) is 0 Å². The Kier molecular flexibility index (Phi) is 4.86. The highest BCUT2D eigenvalue weighted by Gasteiger charge is 2.35. The van der Waals surface area contributed by atoms with Gasteiger partial charge in [-0.3, -0.25) is 9.59 Å². The Morgan fingerprint density at radius 2 is 1.75 bits per heavy atom. The first-order chi connectivity index (χ1) is 13.5. The molecule has 1 heterocycles. The number of aryl methyl sites for hydroxylation is 1. The van der Waals surface area contributed by atoms with Crippen LogP contribution >= 0.6 is 0 Å². The highest BCUT2D eigenvalue weighted by Crippen LogP contribution is 2.32. The smallest absolute Gasteiger partial charge is 0.306 e. The average Bonchev–Trinajstić information content (AvgIpc) is 3.33. The molecule has 1 aromatic heterocycles. The Bertz CT molecular complexity index is 1010. The van der Waals surface area contributed by atoms with Crippen molar-refractivity contribution in [3.05, 3.63) is 66.0 Å². The molecule has 0 radical (unpaired) electrons. The highest BCUT2D eigenvalue weighted by molar-refractivity contribution is 5.82. The lowest BCUT2D eigenvalue weighted by Gasteiger charge is -2.21. The number of imidazole rings is 1. The maximum atomic E-state index is 13.0. The van der Waals surface area contributed by atoms with Gasteiger partial charge in [0.2, 0.25) is 5.91 Å². The van der Waals surface area contributed by atoms with Crippen LogP contribution in [0.25, 0.3) is 11.0 Å². The number of carbonyl (C=O) groups is 2. The zero-order chi connectivity index (χ0) is 19.7. The number of nitrogens with one attached hydrogen (secondary N) is 1. The fourth-order valence-electron chi connectivity index (χ4n) is 4.07. The van der Waals surface area contributed by atoms with Crippen molar-refractivity contribution in [2.24, 2.45) is 18.9 Å². The number of aromatic nitrogens is 2. The Balaban J connectivity index is 1.66. The molecular formula is C22H23N3O3. The van der Waals surface area contributed by atoms with Gasteiger partial charge in [0.1, 0.15) is 11.9 Å². The molecule has 1 unspecified atom stereocenters. The third-order valence-corrected chi connectivity index (χ3v) is 5.65. The van der Waals surface area contributed by atoms with Gasteiger partial charge in [0.15, 0.2) is 0 Å². The molecule has 4 rings (SSSR count). The molecule has 0 spiro atoms. The van der Waals surface area contributed by atoms with E-state index in [-0.39, 0.29) is 11.8 Å². The van der Waals surface area contributed by atoms with E-state index in [2.05, 4.69) is 5.32 Å². The van der Waals surface area contributed by atoms with Crippen molar-refractivity contribution in [3.63, 3.8) is 0 Å². The van der Waals surface area contributed by atoms with Crippen molar-refractivity contribution in [3.8, 4) is 0 Å². The van der Waals surface area contributed by atoms with Crippen molar-refractivity contribution >= 4 is 22.9 Å². The molecule has 1 aliphatic carbocycles. The average molecular weight is 377 g/mol. The van der Waals surface area contributed by atoms with Gasteiger partial charge in [-0.15, -0.1) is 0 Å². The molecule has 0 saturated heterocycles. The van der Waals surface area contributed by atoms with Gasteiger partial charge < -0.3 is 15.0 Å². The van der Waals surface area contributed by atoms with Crippen LogP contribution in [0.15, 0.2) is 54.6 Å². The van der Waals surface area contributed by atoms with Gasteiger partial charge >= 0.3 is 5.97 Å². The third kappa shape index (κ3) is 3.38. The van der Waals surface area contributed by atoms with Crippen LogP contribution in [0.1, 0.15) is 36.7 Å². The number of carbonyl (C=O) groups excluding carboxylic acids is 1. The first-order valence-corrected chi connectivity index (χ1v) is 9.54. The number of benzene rings is 2. The van der Waals surface area contributed by atoms with Crippen LogP contribution in [0.4, 0.5) is 0 Å². The minimum atomic E-state index is -0.815. The topological polar surface area (TPSA) is 84.2 Å². The van der Waals surface area contributed by atoms with Crippen LogP contribution in [-0.4, -0.2) is 26.5 Å². The lowest BCUT2D eigenvalue weighted by atomic mass is 10.0. The van der Waals surface area contributed by atoms with Crippen LogP contribution in [0, 0.1) is 11.8 Å². The van der Waals surface area contributed by atoms with Crippen LogP contribution in [0.3, 0.4) is 0 Å². The summed E-state index contributed by atoms with van der Waals surface area (Å²) in [7, 11) is 1.95. The van der Waals surface area contributed by atoms with Gasteiger partial charge in [-0.25, -0.2) is 4.98 Å². The zero-order valence-corrected chi connectivity index (χ0v) is 15.7. The van der Waals surface area contributed by atoms with Crippen molar-refractivity contribution < 1.29 is 14.7 Å². The normalized spacial score (nSPS) is 20.2. The van der Waals surface area contributed by atoms with Gasteiger partial charge in [0.05, 0.1) is 17.0 Å². The molecule has 144 valence electrons. The molecule has 3 atom stereocenters. The zero-order valence-electron chi connectivity index (χ0n) is 15.7. The molecule has 1 amide bonds. The molecule has 3 aromatic rings. The summed E-state index contributed by atoms with van der Waals surface area (Å²) in [5.41, 5.74) is 2.82. The molecule has 28 heavy (non-hydrogen) atoms. The Morgan fingerprint density at radius 3 is 2.43 bits per heavy atom. The maximum Gasteiger partial charge on any atom is 0.306 e. The number of aliphatic carboxylic acids is 1. The Morgan fingerprint density at radius 1 is 1.07 bits per heavy atom. The van der Waals surface area contributed by atoms with Gasteiger partial charge in [0.25, 0.3) is 0 Å². The summed E-state index contributed by atoms with van der Waals surface area (Å²) in [6, 6.07) is 17.2. The molecule has 6 nitrogen and oxygen atoms in total. The molecule has 2 N–H and O–H groups in total. The molecule has 1 fully saturated rings. The molecule has 6 heteroatoms. The first-order valence-electron chi connectivity index (χ1n) is 9.54. The number of rotatable bonds is 5. The lowest BCUT2D eigenvalue weighted by Crippen LogP contribution is -2.35. The van der Waals surface area contributed by atoms with E-state index in [1.54, 1.807) is 0 Å². The summed E-state index contributed by atoms with van der Waals surface area (Å²) in [4.78, 5) is 29.0. The Hall–Kier alpha value is -3.15. The van der Waals surface area contributed by atoms with Crippen LogP contribution in [0.5, 0.6) is 0 Å². The van der Waals surface area contributed by atoms with Crippen LogP contribution in [0.2, 0.25) is 0 Å². The van der Waals surface area contributed by atoms with E-state index in [0.29, 0.717) is 19.3 Å². The number of carboxylic acid groups (broad SMARTS) is 1. The standard InChI is InChI=1S/C22H23N3O3/c1-25-18-10-6-5-9-17(18)23-20(25)19(14-7-3-2-4-8-14)24-21(26)15-11-12-16(13-15)22(27)28/h2-10,15-16,19H,11-13H2,1H3,(H,24,26)(H,27,28)/t15-,16+,19?/m1/s1. The fraction of sp³-hybridized carbons (Fsp3) is 0.318. The van der Waals surface area contributed by atoms with E-state index >= 15 is 0 Å². The summed E-state index contributed by atoms with van der Waals surface area (Å²) in [5, 5.41) is 12.4. The minimum Gasteiger partial charge on any atom is -0.481 e. The molecule has 0 bridgehead atoms. The second-order valence-electron chi connectivity index (χ2n) is 7.42. The molecule has 0 aliphatic heterocycles. The number of hydrogen-bond acceptors (Lipinski definition) is 3. The second kappa shape index (κ2) is 7.46. The van der Waals surface area contributed by atoms with Gasteiger partial charge in [-0.2, -0.15) is 0 Å². The van der Waals surface area contributed by atoms with Gasteiger partial charge in [0, 0.05) is 13.0 Å². The third-order valence-electron chi connectivity index (χ3n) is 5.65. The second-order valence-corrected chi connectivity index (χ2v) is 7.42. The van der Waals surface area contributed by atoms with E-state index in [1.165, 1.54) is 0 Å². The van der Waals surface area contributed by atoms with Crippen molar-refractivity contribution in [1.29, 1.82) is 0 Å².